The van der Waals surface area contributed by atoms with Crippen LogP contribution >= 0.6 is 0 Å². The van der Waals surface area contributed by atoms with Gasteiger partial charge in [0.1, 0.15) is 5.82 Å². The minimum absolute atomic E-state index is 0.0136. The van der Waals surface area contributed by atoms with Gasteiger partial charge in [0.2, 0.25) is 10.0 Å². The zero-order valence-electron chi connectivity index (χ0n) is 18.1. The molecule has 6 nitrogen and oxygen atoms in total. The molecule has 1 aromatic rings. The summed E-state index contributed by atoms with van der Waals surface area (Å²) < 4.78 is 46.6. The topological polar surface area (TPSA) is 75.7 Å². The maximum atomic E-state index is 14.4. The summed E-state index contributed by atoms with van der Waals surface area (Å²) in [5.41, 5.74) is 0.0591. The number of sulfonamides is 1. The van der Waals surface area contributed by atoms with Gasteiger partial charge in [-0.2, -0.15) is 4.31 Å². The number of carbonyl (C=O) groups excluding carboxylic acids is 1. The van der Waals surface area contributed by atoms with Gasteiger partial charge < -0.3 is 10.1 Å². The molecule has 1 amide bonds. The number of nitrogens with zero attached hydrogens (tertiary/aromatic N) is 1. The molecule has 1 aliphatic heterocycles. The van der Waals surface area contributed by atoms with E-state index in [4.69, 9.17) is 4.74 Å². The lowest BCUT2D eigenvalue weighted by Gasteiger charge is -2.39. The molecule has 2 aliphatic rings. The van der Waals surface area contributed by atoms with E-state index in [1.807, 2.05) is 0 Å². The summed E-state index contributed by atoms with van der Waals surface area (Å²) in [7, 11) is -3.79. The lowest BCUT2D eigenvalue weighted by molar-refractivity contribution is 0.0730. The van der Waals surface area contributed by atoms with Crippen molar-refractivity contribution in [1.29, 1.82) is 0 Å². The summed E-state index contributed by atoms with van der Waals surface area (Å²) in [6.07, 6.45) is 4.88. The van der Waals surface area contributed by atoms with E-state index < -0.39 is 21.7 Å². The lowest BCUT2D eigenvalue weighted by Crippen LogP contribution is -2.41. The van der Waals surface area contributed by atoms with Crippen molar-refractivity contribution in [2.45, 2.75) is 63.8 Å². The zero-order chi connectivity index (χ0) is 21.9. The second-order valence-electron chi connectivity index (χ2n) is 9.02. The lowest BCUT2D eigenvalue weighted by atomic mass is 9.69. The van der Waals surface area contributed by atoms with Crippen LogP contribution < -0.4 is 5.32 Å². The Hall–Kier alpha value is -1.51. The molecule has 0 unspecified atom stereocenters. The van der Waals surface area contributed by atoms with Crippen LogP contribution in [-0.4, -0.2) is 51.0 Å². The van der Waals surface area contributed by atoms with Crippen LogP contribution in [0, 0.1) is 17.2 Å². The standard InChI is InChI=1S/C22H33FN2O4S/c1-4-22(2,3)16-5-7-17(8-6-16)24-21(26)19-15-18(9-10-20(19)23)30(27,28)25-11-13-29-14-12-25/h9-10,15-17H,4-8,11-14H2,1-3H3,(H,24,26). The summed E-state index contributed by atoms with van der Waals surface area (Å²) >= 11 is 0. The fourth-order valence-corrected chi connectivity index (χ4v) is 5.78. The first-order chi connectivity index (χ1) is 14.1. The van der Waals surface area contributed by atoms with Crippen molar-refractivity contribution in [2.75, 3.05) is 26.3 Å². The molecule has 30 heavy (non-hydrogen) atoms. The first-order valence-electron chi connectivity index (χ1n) is 10.8. The van der Waals surface area contributed by atoms with Gasteiger partial charge in [-0.15, -0.1) is 0 Å². The predicted molar refractivity (Wildman–Crippen MR) is 113 cm³/mol. The highest BCUT2D eigenvalue weighted by Gasteiger charge is 2.33. The van der Waals surface area contributed by atoms with E-state index in [-0.39, 0.29) is 35.0 Å². The molecule has 2 fully saturated rings. The van der Waals surface area contributed by atoms with Crippen molar-refractivity contribution in [3.8, 4) is 0 Å². The normalized spacial score (nSPS) is 23.9. The number of morpholine rings is 1. The van der Waals surface area contributed by atoms with Crippen LogP contribution in [0.5, 0.6) is 0 Å². The number of hydrogen-bond acceptors (Lipinski definition) is 4. The summed E-state index contributed by atoms with van der Waals surface area (Å²) in [6, 6.07) is 3.42. The van der Waals surface area contributed by atoms with E-state index >= 15 is 0 Å². The molecule has 1 N–H and O–H groups in total. The third kappa shape index (κ3) is 5.03. The van der Waals surface area contributed by atoms with Crippen LogP contribution in [0.1, 0.15) is 63.2 Å². The number of rotatable bonds is 6. The Kier molecular flexibility index (Phi) is 7.20. The Bertz CT molecular complexity index is 858. The second-order valence-corrected chi connectivity index (χ2v) is 11.0. The molecule has 1 saturated heterocycles. The van der Waals surface area contributed by atoms with Gasteiger partial charge in [-0.3, -0.25) is 4.79 Å². The highest BCUT2D eigenvalue weighted by atomic mass is 32.2. The molecule has 1 aliphatic carbocycles. The van der Waals surface area contributed by atoms with Gasteiger partial charge in [0.15, 0.2) is 0 Å². The van der Waals surface area contributed by atoms with Gasteiger partial charge in [-0.1, -0.05) is 27.2 Å². The molecule has 1 heterocycles. The van der Waals surface area contributed by atoms with Crippen LogP contribution in [0.25, 0.3) is 0 Å². The third-order valence-electron chi connectivity index (χ3n) is 6.87. The molecule has 0 radical (unpaired) electrons. The number of carbonyl (C=O) groups is 1. The van der Waals surface area contributed by atoms with Crippen LogP contribution in [0.2, 0.25) is 0 Å². The Morgan fingerprint density at radius 3 is 2.43 bits per heavy atom. The Morgan fingerprint density at radius 2 is 1.83 bits per heavy atom. The van der Waals surface area contributed by atoms with Gasteiger partial charge in [0.25, 0.3) is 5.91 Å². The molecule has 168 valence electrons. The first-order valence-corrected chi connectivity index (χ1v) is 12.3. The highest BCUT2D eigenvalue weighted by molar-refractivity contribution is 7.89. The second kappa shape index (κ2) is 9.32. The maximum Gasteiger partial charge on any atom is 0.254 e. The fourth-order valence-electron chi connectivity index (χ4n) is 4.35. The molecule has 8 heteroatoms. The summed E-state index contributed by atoms with van der Waals surface area (Å²) in [4.78, 5) is 12.7. The van der Waals surface area contributed by atoms with Crippen molar-refractivity contribution in [3.05, 3.63) is 29.6 Å². The van der Waals surface area contributed by atoms with Crippen LogP contribution in [0.3, 0.4) is 0 Å². The Labute approximate surface area is 179 Å². The van der Waals surface area contributed by atoms with Gasteiger partial charge >= 0.3 is 0 Å². The fraction of sp³-hybridized carbons (Fsp3) is 0.682. The van der Waals surface area contributed by atoms with Gasteiger partial charge in [0, 0.05) is 19.1 Å². The van der Waals surface area contributed by atoms with Crippen LogP contribution in [0.15, 0.2) is 23.1 Å². The Balaban J connectivity index is 1.69. The number of amides is 1. The van der Waals surface area contributed by atoms with Gasteiger partial charge in [-0.05, 0) is 55.2 Å². The van der Waals surface area contributed by atoms with Gasteiger partial charge in [0.05, 0.1) is 23.7 Å². The molecule has 0 atom stereocenters. The first kappa shape index (κ1) is 23.2. The molecular weight excluding hydrogens is 407 g/mol. The van der Waals surface area contributed by atoms with E-state index in [1.165, 1.54) is 10.4 Å². The molecule has 0 aromatic heterocycles. The molecular formula is C22H33FN2O4S. The monoisotopic (exact) mass is 440 g/mol. The van der Waals surface area contributed by atoms with E-state index in [2.05, 4.69) is 26.1 Å². The van der Waals surface area contributed by atoms with E-state index in [0.717, 1.165) is 44.2 Å². The van der Waals surface area contributed by atoms with E-state index in [0.29, 0.717) is 19.1 Å². The van der Waals surface area contributed by atoms with Gasteiger partial charge in [-0.25, -0.2) is 12.8 Å². The number of benzene rings is 1. The number of hydrogen-bond donors (Lipinski definition) is 1. The smallest absolute Gasteiger partial charge is 0.254 e. The molecule has 1 aromatic carbocycles. The summed E-state index contributed by atoms with van der Waals surface area (Å²) in [6.45, 7) is 7.92. The number of nitrogens with one attached hydrogen (secondary N) is 1. The third-order valence-corrected chi connectivity index (χ3v) is 8.76. The Morgan fingerprint density at radius 1 is 1.20 bits per heavy atom. The minimum atomic E-state index is -3.79. The molecule has 0 spiro atoms. The van der Waals surface area contributed by atoms with Crippen molar-refractivity contribution >= 4 is 15.9 Å². The zero-order valence-corrected chi connectivity index (χ0v) is 18.9. The average molecular weight is 441 g/mol. The average Bonchev–Trinajstić information content (AvgIpc) is 2.75. The van der Waals surface area contributed by atoms with Crippen molar-refractivity contribution in [2.24, 2.45) is 11.3 Å². The van der Waals surface area contributed by atoms with Crippen LogP contribution in [-0.2, 0) is 14.8 Å². The number of ether oxygens (including phenoxy) is 1. The van der Waals surface area contributed by atoms with Crippen LogP contribution in [0.4, 0.5) is 4.39 Å². The molecule has 0 bridgehead atoms. The SMILES string of the molecule is CCC(C)(C)C1CCC(NC(=O)c2cc(S(=O)(=O)N3CCOCC3)ccc2F)CC1. The summed E-state index contributed by atoms with van der Waals surface area (Å²) in [5.74, 6) is -0.645. The van der Waals surface area contributed by atoms with E-state index in [9.17, 15) is 17.6 Å². The quantitative estimate of drug-likeness (QED) is 0.734. The number of halogens is 1. The highest BCUT2D eigenvalue weighted by Crippen LogP contribution is 2.40. The van der Waals surface area contributed by atoms with Crippen molar-refractivity contribution in [3.63, 3.8) is 0 Å². The maximum absolute atomic E-state index is 14.4. The van der Waals surface area contributed by atoms with Crippen molar-refractivity contribution < 1.29 is 22.3 Å². The predicted octanol–water partition coefficient (Wildman–Crippen LogP) is 3.57. The summed E-state index contributed by atoms with van der Waals surface area (Å²) in [5, 5.41) is 2.92. The largest absolute Gasteiger partial charge is 0.379 e. The van der Waals surface area contributed by atoms with Crippen molar-refractivity contribution in [1.82, 2.24) is 9.62 Å². The minimum Gasteiger partial charge on any atom is -0.379 e. The molecule has 1 saturated carbocycles. The van der Waals surface area contributed by atoms with E-state index in [1.54, 1.807) is 0 Å². The molecule has 3 rings (SSSR count).